The fraction of sp³-hybridized carbons (Fsp3) is 0.125. The predicted molar refractivity (Wildman–Crippen MR) is 89.6 cm³/mol. The number of halogens is 2. The highest BCUT2D eigenvalue weighted by molar-refractivity contribution is 6.47. The summed E-state index contributed by atoms with van der Waals surface area (Å²) in [5, 5.41) is 5.46. The fourth-order valence-corrected chi connectivity index (χ4v) is 2.13. The maximum atomic E-state index is 11.9. The van der Waals surface area contributed by atoms with E-state index in [4.69, 9.17) is 23.2 Å². The molecule has 114 valence electrons. The van der Waals surface area contributed by atoms with Gasteiger partial charge in [-0.2, -0.15) is 0 Å². The Morgan fingerprint density at radius 1 is 0.909 bits per heavy atom. The standard InChI is InChI=1S/C16H14Cl2N2O2/c1-9-6-7-11(8-10(9)2)19-15(21)16(22)20-13-5-3-4-12(17)14(13)18/h3-8H,1-2H3,(H,19,21)(H,20,22). The number of hydrogen-bond acceptors (Lipinski definition) is 2. The number of carbonyl (C=O) groups excluding carboxylic acids is 2. The molecule has 0 saturated heterocycles. The summed E-state index contributed by atoms with van der Waals surface area (Å²) >= 11 is 11.8. The van der Waals surface area contributed by atoms with Crippen LogP contribution in [0.5, 0.6) is 0 Å². The number of hydrogen-bond donors (Lipinski definition) is 2. The van der Waals surface area contributed by atoms with Gasteiger partial charge in [0.25, 0.3) is 0 Å². The normalized spacial score (nSPS) is 10.2. The van der Waals surface area contributed by atoms with Crippen LogP contribution >= 0.6 is 23.2 Å². The van der Waals surface area contributed by atoms with Gasteiger partial charge in [-0.3, -0.25) is 9.59 Å². The second-order valence-electron chi connectivity index (χ2n) is 4.81. The molecule has 0 heterocycles. The Balaban J connectivity index is 2.07. The van der Waals surface area contributed by atoms with Gasteiger partial charge in [0.05, 0.1) is 15.7 Å². The average Bonchev–Trinajstić information content (AvgIpc) is 2.47. The lowest BCUT2D eigenvalue weighted by Gasteiger charge is -2.09. The zero-order chi connectivity index (χ0) is 16.3. The summed E-state index contributed by atoms with van der Waals surface area (Å²) < 4.78 is 0. The number of rotatable bonds is 2. The minimum atomic E-state index is -0.817. The molecule has 4 nitrogen and oxygen atoms in total. The molecule has 0 bridgehead atoms. The molecule has 2 N–H and O–H groups in total. The number of amides is 2. The average molecular weight is 337 g/mol. The van der Waals surface area contributed by atoms with E-state index >= 15 is 0 Å². The van der Waals surface area contributed by atoms with E-state index in [0.29, 0.717) is 10.7 Å². The molecule has 0 fully saturated rings. The minimum Gasteiger partial charge on any atom is -0.318 e. The van der Waals surface area contributed by atoms with Crippen molar-refractivity contribution in [1.29, 1.82) is 0 Å². The maximum Gasteiger partial charge on any atom is 0.314 e. The van der Waals surface area contributed by atoms with Crippen LogP contribution in [-0.4, -0.2) is 11.8 Å². The van der Waals surface area contributed by atoms with Gasteiger partial charge >= 0.3 is 11.8 Å². The number of aryl methyl sites for hydroxylation is 2. The smallest absolute Gasteiger partial charge is 0.314 e. The quantitative estimate of drug-likeness (QED) is 0.808. The van der Waals surface area contributed by atoms with Crippen molar-refractivity contribution < 1.29 is 9.59 Å². The highest BCUT2D eigenvalue weighted by Crippen LogP contribution is 2.29. The van der Waals surface area contributed by atoms with Crippen LogP contribution in [0.2, 0.25) is 10.0 Å². The second-order valence-corrected chi connectivity index (χ2v) is 5.59. The van der Waals surface area contributed by atoms with Crippen molar-refractivity contribution in [2.75, 3.05) is 10.6 Å². The first kappa shape index (κ1) is 16.3. The van der Waals surface area contributed by atoms with Gasteiger partial charge in [-0.1, -0.05) is 35.3 Å². The van der Waals surface area contributed by atoms with Crippen molar-refractivity contribution in [3.63, 3.8) is 0 Å². The summed E-state index contributed by atoms with van der Waals surface area (Å²) in [6.45, 7) is 3.89. The molecule has 6 heteroatoms. The summed E-state index contributed by atoms with van der Waals surface area (Å²) in [5.74, 6) is -1.60. The van der Waals surface area contributed by atoms with Crippen molar-refractivity contribution in [3.8, 4) is 0 Å². The Labute approximate surface area is 138 Å². The van der Waals surface area contributed by atoms with E-state index in [-0.39, 0.29) is 10.7 Å². The largest absolute Gasteiger partial charge is 0.318 e. The third-order valence-corrected chi connectivity index (χ3v) is 3.99. The van der Waals surface area contributed by atoms with Gasteiger partial charge in [-0.15, -0.1) is 0 Å². The molecule has 2 amide bonds. The van der Waals surface area contributed by atoms with E-state index in [1.807, 2.05) is 19.9 Å². The van der Waals surface area contributed by atoms with E-state index < -0.39 is 11.8 Å². The molecule has 0 aliphatic rings. The summed E-state index contributed by atoms with van der Waals surface area (Å²) in [7, 11) is 0. The highest BCUT2D eigenvalue weighted by Gasteiger charge is 2.16. The molecule has 0 saturated carbocycles. The van der Waals surface area contributed by atoms with Crippen LogP contribution in [0.15, 0.2) is 36.4 Å². The van der Waals surface area contributed by atoms with Crippen molar-refractivity contribution in [3.05, 3.63) is 57.6 Å². The Bertz CT molecular complexity index is 745. The minimum absolute atomic E-state index is 0.191. The van der Waals surface area contributed by atoms with Crippen molar-refractivity contribution in [2.24, 2.45) is 0 Å². The van der Waals surface area contributed by atoms with E-state index in [2.05, 4.69) is 10.6 Å². The lowest BCUT2D eigenvalue weighted by atomic mass is 10.1. The van der Waals surface area contributed by atoms with Crippen LogP contribution in [0.25, 0.3) is 0 Å². The Morgan fingerprint density at radius 3 is 2.27 bits per heavy atom. The van der Waals surface area contributed by atoms with Gasteiger partial charge in [0, 0.05) is 5.69 Å². The summed E-state index contributed by atoms with van der Waals surface area (Å²) in [4.78, 5) is 23.8. The van der Waals surface area contributed by atoms with Crippen LogP contribution in [-0.2, 0) is 9.59 Å². The molecule has 22 heavy (non-hydrogen) atoms. The Hall–Kier alpha value is -2.04. The topological polar surface area (TPSA) is 58.2 Å². The molecular weight excluding hydrogens is 323 g/mol. The second kappa shape index (κ2) is 6.81. The van der Waals surface area contributed by atoms with Gasteiger partial charge in [0.15, 0.2) is 0 Å². The molecule has 0 spiro atoms. The number of anilines is 2. The SMILES string of the molecule is Cc1ccc(NC(=O)C(=O)Nc2cccc(Cl)c2Cl)cc1C. The van der Waals surface area contributed by atoms with Gasteiger partial charge in [0.2, 0.25) is 0 Å². The van der Waals surface area contributed by atoms with Crippen LogP contribution in [0, 0.1) is 13.8 Å². The van der Waals surface area contributed by atoms with E-state index in [9.17, 15) is 9.59 Å². The highest BCUT2D eigenvalue weighted by atomic mass is 35.5. The molecule has 0 unspecified atom stereocenters. The molecular formula is C16H14Cl2N2O2. The van der Waals surface area contributed by atoms with E-state index in [0.717, 1.165) is 11.1 Å². The van der Waals surface area contributed by atoms with Gasteiger partial charge in [0.1, 0.15) is 0 Å². The lowest BCUT2D eigenvalue weighted by molar-refractivity contribution is -0.132. The fourth-order valence-electron chi connectivity index (χ4n) is 1.79. The van der Waals surface area contributed by atoms with Crippen molar-refractivity contribution in [2.45, 2.75) is 13.8 Å². The lowest BCUT2D eigenvalue weighted by Crippen LogP contribution is -2.29. The zero-order valence-electron chi connectivity index (χ0n) is 12.0. The predicted octanol–water partition coefficient (Wildman–Crippen LogP) is 4.19. The Morgan fingerprint density at radius 2 is 1.59 bits per heavy atom. The van der Waals surface area contributed by atoms with Crippen LogP contribution in [0.3, 0.4) is 0 Å². The third kappa shape index (κ3) is 3.78. The Kier molecular flexibility index (Phi) is 5.06. The number of benzene rings is 2. The molecule has 2 aromatic carbocycles. The summed E-state index contributed by atoms with van der Waals surface area (Å²) in [6.07, 6.45) is 0. The molecule has 2 rings (SSSR count). The van der Waals surface area contributed by atoms with Crippen LogP contribution in [0.4, 0.5) is 11.4 Å². The van der Waals surface area contributed by atoms with Crippen molar-refractivity contribution in [1.82, 2.24) is 0 Å². The van der Waals surface area contributed by atoms with Gasteiger partial charge in [-0.25, -0.2) is 0 Å². The van der Waals surface area contributed by atoms with Gasteiger partial charge < -0.3 is 10.6 Å². The first-order valence-electron chi connectivity index (χ1n) is 6.52. The molecule has 0 aliphatic carbocycles. The molecule has 0 radical (unpaired) electrons. The van der Waals surface area contributed by atoms with Crippen LogP contribution in [0.1, 0.15) is 11.1 Å². The zero-order valence-corrected chi connectivity index (χ0v) is 13.5. The number of carbonyl (C=O) groups is 2. The molecule has 0 atom stereocenters. The number of nitrogens with one attached hydrogen (secondary N) is 2. The van der Waals surface area contributed by atoms with Gasteiger partial charge in [-0.05, 0) is 49.2 Å². The first-order chi connectivity index (χ1) is 10.4. The maximum absolute atomic E-state index is 11.9. The van der Waals surface area contributed by atoms with Crippen LogP contribution < -0.4 is 10.6 Å². The molecule has 0 aliphatic heterocycles. The molecule has 0 aromatic heterocycles. The molecule has 2 aromatic rings. The van der Waals surface area contributed by atoms with Crippen molar-refractivity contribution >= 4 is 46.4 Å². The van der Waals surface area contributed by atoms with E-state index in [1.165, 1.54) is 0 Å². The van der Waals surface area contributed by atoms with E-state index in [1.54, 1.807) is 30.3 Å². The first-order valence-corrected chi connectivity index (χ1v) is 7.27. The summed E-state index contributed by atoms with van der Waals surface area (Å²) in [5.41, 5.74) is 2.97. The summed E-state index contributed by atoms with van der Waals surface area (Å²) in [6, 6.07) is 10.2. The third-order valence-electron chi connectivity index (χ3n) is 3.17. The monoisotopic (exact) mass is 336 g/mol.